The van der Waals surface area contributed by atoms with Gasteiger partial charge in [0.25, 0.3) is 0 Å². The summed E-state index contributed by atoms with van der Waals surface area (Å²) in [6, 6.07) is 7.09. The van der Waals surface area contributed by atoms with E-state index in [0.29, 0.717) is 5.69 Å². The monoisotopic (exact) mass is 237 g/mol. The van der Waals surface area contributed by atoms with Crippen LogP contribution >= 0.6 is 0 Å². The van der Waals surface area contributed by atoms with Crippen molar-refractivity contribution in [3.05, 3.63) is 43.0 Å². The molecule has 1 aromatic carbocycles. The Labute approximate surface area is 93.8 Å². The number of nitrogens with one attached hydrogen (secondary N) is 1. The SMILES string of the molecule is CS(=O)(=O)Nc1cccc(-n2ccnc2)c1. The number of rotatable bonds is 3. The highest BCUT2D eigenvalue weighted by Crippen LogP contribution is 2.15. The Morgan fingerprint density at radius 2 is 2.19 bits per heavy atom. The van der Waals surface area contributed by atoms with Gasteiger partial charge in [0.15, 0.2) is 0 Å². The summed E-state index contributed by atoms with van der Waals surface area (Å²) < 4.78 is 26.4. The van der Waals surface area contributed by atoms with Gasteiger partial charge in [-0.05, 0) is 18.2 Å². The standard InChI is InChI=1S/C10H11N3O2S/c1-16(14,15)12-9-3-2-4-10(7-9)13-6-5-11-8-13/h2-8,12H,1H3. The van der Waals surface area contributed by atoms with Gasteiger partial charge in [-0.1, -0.05) is 6.07 Å². The molecule has 1 heterocycles. The van der Waals surface area contributed by atoms with Crippen molar-refractivity contribution in [2.45, 2.75) is 0 Å². The van der Waals surface area contributed by atoms with Crippen molar-refractivity contribution in [1.29, 1.82) is 0 Å². The lowest BCUT2D eigenvalue weighted by Crippen LogP contribution is -2.09. The van der Waals surface area contributed by atoms with E-state index in [1.54, 1.807) is 41.5 Å². The predicted molar refractivity (Wildman–Crippen MR) is 62.0 cm³/mol. The van der Waals surface area contributed by atoms with Gasteiger partial charge < -0.3 is 4.57 Å². The van der Waals surface area contributed by atoms with Gasteiger partial charge in [-0.15, -0.1) is 0 Å². The van der Waals surface area contributed by atoms with Crippen molar-refractivity contribution >= 4 is 15.7 Å². The van der Waals surface area contributed by atoms with Crippen LogP contribution in [-0.4, -0.2) is 24.2 Å². The first kappa shape index (κ1) is 10.7. The summed E-state index contributed by atoms with van der Waals surface area (Å²) in [5, 5.41) is 0. The first-order valence-corrected chi connectivity index (χ1v) is 6.50. The molecule has 5 nitrogen and oxygen atoms in total. The average molecular weight is 237 g/mol. The van der Waals surface area contributed by atoms with Gasteiger partial charge in [-0.25, -0.2) is 13.4 Å². The summed E-state index contributed by atoms with van der Waals surface area (Å²) in [6.45, 7) is 0. The molecule has 2 rings (SSSR count). The number of hydrogen-bond acceptors (Lipinski definition) is 3. The molecule has 0 atom stereocenters. The molecule has 0 bridgehead atoms. The highest BCUT2D eigenvalue weighted by Gasteiger charge is 2.02. The Bertz CT molecular complexity index is 576. The van der Waals surface area contributed by atoms with Crippen molar-refractivity contribution in [2.75, 3.05) is 11.0 Å². The van der Waals surface area contributed by atoms with Gasteiger partial charge in [0.1, 0.15) is 0 Å². The van der Waals surface area contributed by atoms with Crippen molar-refractivity contribution < 1.29 is 8.42 Å². The molecule has 2 aromatic rings. The molecule has 0 saturated heterocycles. The fourth-order valence-corrected chi connectivity index (χ4v) is 1.91. The Kier molecular flexibility index (Phi) is 2.66. The zero-order chi connectivity index (χ0) is 11.6. The Morgan fingerprint density at radius 3 is 2.81 bits per heavy atom. The molecule has 0 unspecified atom stereocenters. The molecule has 1 N–H and O–H groups in total. The summed E-state index contributed by atoms with van der Waals surface area (Å²) in [6.07, 6.45) is 6.23. The third-order valence-electron chi connectivity index (χ3n) is 1.95. The van der Waals surface area contributed by atoms with Crippen LogP contribution in [0.5, 0.6) is 0 Å². The molecule has 0 amide bonds. The number of nitrogens with zero attached hydrogens (tertiary/aromatic N) is 2. The lowest BCUT2D eigenvalue weighted by Gasteiger charge is -2.06. The molecular formula is C10H11N3O2S. The minimum atomic E-state index is -3.24. The third kappa shape index (κ3) is 2.60. The van der Waals surface area contributed by atoms with E-state index < -0.39 is 10.0 Å². The fraction of sp³-hybridized carbons (Fsp3) is 0.100. The van der Waals surface area contributed by atoms with Gasteiger partial charge in [0, 0.05) is 18.1 Å². The number of benzene rings is 1. The maximum Gasteiger partial charge on any atom is 0.229 e. The van der Waals surface area contributed by atoms with Crippen molar-refractivity contribution in [3.8, 4) is 5.69 Å². The lowest BCUT2D eigenvalue weighted by atomic mass is 10.3. The highest BCUT2D eigenvalue weighted by molar-refractivity contribution is 7.92. The van der Waals surface area contributed by atoms with Gasteiger partial charge >= 0.3 is 0 Å². The van der Waals surface area contributed by atoms with Crippen molar-refractivity contribution in [2.24, 2.45) is 0 Å². The molecule has 0 aliphatic heterocycles. The molecule has 0 aliphatic rings. The second-order valence-electron chi connectivity index (χ2n) is 3.39. The van der Waals surface area contributed by atoms with Crippen LogP contribution in [0.4, 0.5) is 5.69 Å². The van der Waals surface area contributed by atoms with Crippen LogP contribution in [0.25, 0.3) is 5.69 Å². The topological polar surface area (TPSA) is 64.0 Å². The average Bonchev–Trinajstić information content (AvgIpc) is 2.68. The second kappa shape index (κ2) is 3.97. The fourth-order valence-electron chi connectivity index (χ4n) is 1.36. The van der Waals surface area contributed by atoms with Crippen molar-refractivity contribution in [1.82, 2.24) is 9.55 Å². The molecule has 0 spiro atoms. The van der Waals surface area contributed by atoms with E-state index in [9.17, 15) is 8.42 Å². The van der Waals surface area contributed by atoms with Gasteiger partial charge in [0.05, 0.1) is 18.3 Å². The summed E-state index contributed by atoms with van der Waals surface area (Å²) in [4.78, 5) is 3.93. The number of anilines is 1. The maximum absolute atomic E-state index is 11.1. The predicted octanol–water partition coefficient (Wildman–Crippen LogP) is 1.24. The van der Waals surface area contributed by atoms with Gasteiger partial charge in [-0.3, -0.25) is 4.72 Å². The highest BCUT2D eigenvalue weighted by atomic mass is 32.2. The van der Waals surface area contributed by atoms with Crippen molar-refractivity contribution in [3.63, 3.8) is 0 Å². The van der Waals surface area contributed by atoms with Crippen LogP contribution in [0.15, 0.2) is 43.0 Å². The number of hydrogen-bond donors (Lipinski definition) is 1. The molecule has 84 valence electrons. The summed E-state index contributed by atoms with van der Waals surface area (Å²) >= 11 is 0. The minimum Gasteiger partial charge on any atom is -0.306 e. The van der Waals surface area contributed by atoms with Crippen LogP contribution in [-0.2, 0) is 10.0 Å². The Morgan fingerprint density at radius 1 is 1.38 bits per heavy atom. The van der Waals surface area contributed by atoms with E-state index >= 15 is 0 Å². The maximum atomic E-state index is 11.1. The largest absolute Gasteiger partial charge is 0.306 e. The molecule has 0 saturated carbocycles. The smallest absolute Gasteiger partial charge is 0.229 e. The molecule has 0 aliphatic carbocycles. The number of imidazole rings is 1. The third-order valence-corrected chi connectivity index (χ3v) is 2.56. The van der Waals surface area contributed by atoms with E-state index in [4.69, 9.17) is 0 Å². The summed E-state index contributed by atoms with van der Waals surface area (Å²) in [5.41, 5.74) is 1.39. The number of sulfonamides is 1. The first-order valence-electron chi connectivity index (χ1n) is 4.61. The Balaban J connectivity index is 2.34. The van der Waals surface area contributed by atoms with Crippen LogP contribution in [0.2, 0.25) is 0 Å². The second-order valence-corrected chi connectivity index (χ2v) is 5.14. The Hall–Kier alpha value is -1.82. The van der Waals surface area contributed by atoms with E-state index in [1.807, 2.05) is 6.07 Å². The minimum absolute atomic E-state index is 0.536. The first-order chi connectivity index (χ1) is 7.54. The molecule has 1 aromatic heterocycles. The zero-order valence-electron chi connectivity index (χ0n) is 8.66. The van der Waals surface area contributed by atoms with E-state index in [0.717, 1.165) is 11.9 Å². The van der Waals surface area contributed by atoms with Gasteiger partial charge in [0.2, 0.25) is 10.0 Å². The summed E-state index contributed by atoms with van der Waals surface area (Å²) in [5.74, 6) is 0. The van der Waals surface area contributed by atoms with Crippen LogP contribution in [0.3, 0.4) is 0 Å². The van der Waals surface area contributed by atoms with Crippen LogP contribution < -0.4 is 4.72 Å². The molecule has 0 fully saturated rings. The summed E-state index contributed by atoms with van der Waals surface area (Å²) in [7, 11) is -3.24. The van der Waals surface area contributed by atoms with Crippen LogP contribution in [0.1, 0.15) is 0 Å². The lowest BCUT2D eigenvalue weighted by molar-refractivity contribution is 0.607. The van der Waals surface area contributed by atoms with E-state index in [2.05, 4.69) is 9.71 Å². The van der Waals surface area contributed by atoms with E-state index in [-0.39, 0.29) is 0 Å². The van der Waals surface area contributed by atoms with Crippen LogP contribution in [0, 0.1) is 0 Å². The molecule has 16 heavy (non-hydrogen) atoms. The van der Waals surface area contributed by atoms with Gasteiger partial charge in [-0.2, -0.15) is 0 Å². The molecule has 6 heteroatoms. The molecular weight excluding hydrogens is 226 g/mol. The normalized spacial score (nSPS) is 11.3. The molecule has 0 radical (unpaired) electrons. The number of aromatic nitrogens is 2. The van der Waals surface area contributed by atoms with E-state index in [1.165, 1.54) is 0 Å². The zero-order valence-corrected chi connectivity index (χ0v) is 9.48. The quantitative estimate of drug-likeness (QED) is 0.873.